The molecule has 1 N–H and O–H groups in total. The minimum absolute atomic E-state index is 0.0966. The molecule has 7 nitrogen and oxygen atoms in total. The Balaban J connectivity index is 3.63. The van der Waals surface area contributed by atoms with Crippen molar-refractivity contribution in [1.29, 1.82) is 5.26 Å². The molecular formula is C13H20N4O3. The summed E-state index contributed by atoms with van der Waals surface area (Å²) in [6, 6.07) is 1.86. The molecule has 7 heteroatoms. The van der Waals surface area contributed by atoms with Crippen LogP contribution in [0.3, 0.4) is 0 Å². The quantitative estimate of drug-likeness (QED) is 0.807. The number of likely N-dealkylation sites (N-methyl/N-ethyl adjacent to an activating group) is 1. The fourth-order valence-electron chi connectivity index (χ4n) is 2.11. The Morgan fingerprint density at radius 1 is 1.30 bits per heavy atom. The van der Waals surface area contributed by atoms with E-state index in [1.165, 1.54) is 18.7 Å². The van der Waals surface area contributed by atoms with Crippen LogP contribution in [0.5, 0.6) is 0 Å². The van der Waals surface area contributed by atoms with Crippen LogP contribution in [0.2, 0.25) is 0 Å². The van der Waals surface area contributed by atoms with Crippen LogP contribution in [0, 0.1) is 11.3 Å². The van der Waals surface area contributed by atoms with Gasteiger partial charge in [-0.2, -0.15) is 5.26 Å². The van der Waals surface area contributed by atoms with Gasteiger partial charge in [-0.3, -0.25) is 13.9 Å². The third kappa shape index (κ3) is 2.91. The molecule has 0 spiro atoms. The van der Waals surface area contributed by atoms with Gasteiger partial charge in [0, 0.05) is 27.2 Å². The average molecular weight is 280 g/mol. The fourth-order valence-corrected chi connectivity index (χ4v) is 2.11. The largest absolute Gasteiger partial charge is 0.389 e. The Hall–Kier alpha value is -2.07. The molecule has 0 aromatic carbocycles. The molecule has 0 aliphatic rings. The van der Waals surface area contributed by atoms with E-state index in [2.05, 4.69) is 0 Å². The normalized spacial score (nSPS) is 11.2. The van der Waals surface area contributed by atoms with Crippen molar-refractivity contribution >= 4 is 5.82 Å². The summed E-state index contributed by atoms with van der Waals surface area (Å²) < 4.78 is 2.16. The number of nitrogens with zero attached hydrogens (tertiary/aromatic N) is 4. The molecule has 1 heterocycles. The highest BCUT2D eigenvalue weighted by molar-refractivity contribution is 5.53. The van der Waals surface area contributed by atoms with Crippen LogP contribution in [0.25, 0.3) is 0 Å². The summed E-state index contributed by atoms with van der Waals surface area (Å²) in [5, 5.41) is 19.1. The van der Waals surface area contributed by atoms with Crippen LogP contribution in [0.4, 0.5) is 5.82 Å². The van der Waals surface area contributed by atoms with Crippen LogP contribution in [-0.4, -0.2) is 32.9 Å². The predicted molar refractivity (Wildman–Crippen MR) is 75.8 cm³/mol. The summed E-state index contributed by atoms with van der Waals surface area (Å²) in [5.41, 5.74) is -2.24. The van der Waals surface area contributed by atoms with Gasteiger partial charge in [-0.25, -0.2) is 4.79 Å². The van der Waals surface area contributed by atoms with Crippen LogP contribution in [0.15, 0.2) is 9.59 Å². The summed E-state index contributed by atoms with van der Waals surface area (Å²) in [6.45, 7) is 5.74. The van der Waals surface area contributed by atoms with Gasteiger partial charge in [-0.05, 0) is 20.8 Å². The smallest absolute Gasteiger partial charge is 0.332 e. The SMILES string of the molecule is CCN(CC(C)(C)O)c1c(C#N)c(=O)n(C)c(=O)n1C. The van der Waals surface area contributed by atoms with E-state index >= 15 is 0 Å². The van der Waals surface area contributed by atoms with E-state index in [4.69, 9.17) is 0 Å². The first kappa shape index (κ1) is 16.0. The molecule has 0 aliphatic heterocycles. The molecule has 20 heavy (non-hydrogen) atoms. The maximum Gasteiger partial charge on any atom is 0.332 e. The highest BCUT2D eigenvalue weighted by atomic mass is 16.3. The lowest BCUT2D eigenvalue weighted by atomic mass is 10.1. The lowest BCUT2D eigenvalue weighted by Gasteiger charge is -2.31. The van der Waals surface area contributed by atoms with E-state index in [0.717, 1.165) is 4.57 Å². The van der Waals surface area contributed by atoms with Crippen LogP contribution in [-0.2, 0) is 14.1 Å². The summed E-state index contributed by atoms with van der Waals surface area (Å²) in [4.78, 5) is 25.7. The van der Waals surface area contributed by atoms with Gasteiger partial charge in [-0.15, -0.1) is 0 Å². The Kier molecular flexibility index (Phi) is 4.40. The van der Waals surface area contributed by atoms with Gasteiger partial charge in [0.25, 0.3) is 5.56 Å². The highest BCUT2D eigenvalue weighted by Crippen LogP contribution is 2.17. The van der Waals surface area contributed by atoms with Crippen LogP contribution < -0.4 is 16.1 Å². The second-order valence-electron chi connectivity index (χ2n) is 5.34. The zero-order chi connectivity index (χ0) is 15.7. The molecule has 0 amide bonds. The van der Waals surface area contributed by atoms with E-state index in [9.17, 15) is 20.0 Å². The third-order valence-corrected chi connectivity index (χ3v) is 3.00. The standard InChI is InChI=1S/C13H20N4O3/c1-6-17(8-13(2,3)20)10-9(7-14)11(18)16(5)12(19)15(10)4/h20H,6,8H2,1-5H3. The second-order valence-corrected chi connectivity index (χ2v) is 5.34. The van der Waals surface area contributed by atoms with E-state index in [1.807, 2.05) is 13.0 Å². The van der Waals surface area contributed by atoms with Crippen molar-refractivity contribution in [1.82, 2.24) is 9.13 Å². The van der Waals surface area contributed by atoms with Crippen LogP contribution in [0.1, 0.15) is 26.3 Å². The third-order valence-electron chi connectivity index (χ3n) is 3.00. The molecular weight excluding hydrogens is 260 g/mol. The maximum absolute atomic E-state index is 12.0. The number of aliphatic hydroxyl groups is 1. The van der Waals surface area contributed by atoms with Crippen molar-refractivity contribution in [2.75, 3.05) is 18.0 Å². The Labute approximate surface area is 117 Å². The number of aromatic nitrogens is 2. The Bertz CT molecular complexity index is 658. The van der Waals surface area contributed by atoms with Gasteiger partial charge in [0.05, 0.1) is 5.60 Å². The first-order chi connectivity index (χ1) is 9.14. The number of nitriles is 1. The van der Waals surface area contributed by atoms with Gasteiger partial charge in [0.15, 0.2) is 5.56 Å². The molecule has 0 atom stereocenters. The number of hydrogen-bond donors (Lipinski definition) is 1. The van der Waals surface area contributed by atoms with Gasteiger partial charge in [0.2, 0.25) is 0 Å². The Morgan fingerprint density at radius 2 is 1.85 bits per heavy atom. The lowest BCUT2D eigenvalue weighted by molar-refractivity contribution is 0.0872. The molecule has 0 radical (unpaired) electrons. The second kappa shape index (κ2) is 5.51. The molecule has 0 fully saturated rings. The first-order valence-corrected chi connectivity index (χ1v) is 6.31. The van der Waals surface area contributed by atoms with Crippen molar-refractivity contribution in [3.63, 3.8) is 0 Å². The molecule has 1 rings (SSSR count). The van der Waals surface area contributed by atoms with Crippen LogP contribution >= 0.6 is 0 Å². The zero-order valence-corrected chi connectivity index (χ0v) is 12.5. The van der Waals surface area contributed by atoms with Gasteiger partial charge in [0.1, 0.15) is 11.9 Å². The minimum Gasteiger partial charge on any atom is -0.389 e. The molecule has 1 aromatic heterocycles. The number of hydrogen-bond acceptors (Lipinski definition) is 5. The van der Waals surface area contributed by atoms with Gasteiger partial charge in [-0.1, -0.05) is 0 Å². The molecule has 110 valence electrons. The predicted octanol–water partition coefficient (Wildman–Crippen LogP) is -0.447. The Morgan fingerprint density at radius 3 is 2.25 bits per heavy atom. The van der Waals surface area contributed by atoms with E-state index in [-0.39, 0.29) is 17.9 Å². The monoisotopic (exact) mass is 280 g/mol. The molecule has 0 saturated heterocycles. The molecule has 1 aromatic rings. The summed E-state index contributed by atoms with van der Waals surface area (Å²) in [7, 11) is 2.84. The van der Waals surface area contributed by atoms with E-state index < -0.39 is 16.9 Å². The molecule has 0 bridgehead atoms. The molecule has 0 saturated carbocycles. The number of anilines is 1. The summed E-state index contributed by atoms with van der Waals surface area (Å²) >= 11 is 0. The average Bonchev–Trinajstić information content (AvgIpc) is 2.36. The minimum atomic E-state index is -1.01. The summed E-state index contributed by atoms with van der Waals surface area (Å²) in [5.74, 6) is 0.241. The van der Waals surface area contributed by atoms with Crippen molar-refractivity contribution < 1.29 is 5.11 Å². The topological polar surface area (TPSA) is 91.3 Å². The fraction of sp³-hybridized carbons (Fsp3) is 0.615. The zero-order valence-electron chi connectivity index (χ0n) is 12.5. The van der Waals surface area contributed by atoms with Crippen molar-refractivity contribution in [3.8, 4) is 6.07 Å². The van der Waals surface area contributed by atoms with Crippen molar-refractivity contribution in [2.24, 2.45) is 14.1 Å². The number of rotatable bonds is 4. The highest BCUT2D eigenvalue weighted by Gasteiger charge is 2.24. The van der Waals surface area contributed by atoms with E-state index in [0.29, 0.717) is 6.54 Å². The van der Waals surface area contributed by atoms with Gasteiger partial charge < -0.3 is 10.0 Å². The first-order valence-electron chi connectivity index (χ1n) is 6.31. The molecule has 0 unspecified atom stereocenters. The van der Waals surface area contributed by atoms with Gasteiger partial charge >= 0.3 is 5.69 Å². The lowest BCUT2D eigenvalue weighted by Crippen LogP contribution is -2.46. The molecule has 0 aliphatic carbocycles. The summed E-state index contributed by atoms with van der Waals surface area (Å²) in [6.07, 6.45) is 0. The van der Waals surface area contributed by atoms with Crippen molar-refractivity contribution in [3.05, 3.63) is 26.4 Å². The maximum atomic E-state index is 12.0. The van der Waals surface area contributed by atoms with E-state index in [1.54, 1.807) is 18.7 Å². The van der Waals surface area contributed by atoms with Crippen molar-refractivity contribution in [2.45, 2.75) is 26.4 Å².